The van der Waals surface area contributed by atoms with Crippen molar-refractivity contribution in [3.8, 4) is 0 Å². The number of hydrogen-bond acceptors (Lipinski definition) is 5. The third-order valence-electron chi connectivity index (χ3n) is 4.54. The van der Waals surface area contributed by atoms with Gasteiger partial charge in [0.25, 0.3) is 5.91 Å². The van der Waals surface area contributed by atoms with Crippen LogP contribution in [0.3, 0.4) is 0 Å². The maximum Gasteiger partial charge on any atom is 0.254 e. The molecule has 1 saturated heterocycles. The Labute approximate surface area is 161 Å². The van der Waals surface area contributed by atoms with Crippen LogP contribution in [0.1, 0.15) is 22.3 Å². The summed E-state index contributed by atoms with van der Waals surface area (Å²) in [6, 6.07) is 8.45. The number of halogens is 2. The molecule has 28 heavy (non-hydrogen) atoms. The molecule has 2 aromatic carbocycles. The van der Waals surface area contributed by atoms with Gasteiger partial charge in [-0.25, -0.2) is 25.6 Å². The number of carbonyl (C=O) groups excluding carboxylic acids is 1. The molecule has 0 aliphatic carbocycles. The Bertz CT molecular complexity index is 1130. The fourth-order valence-corrected chi connectivity index (χ4v) is 7.35. The van der Waals surface area contributed by atoms with Crippen molar-refractivity contribution in [2.24, 2.45) is 0 Å². The number of carbonyl (C=O) groups is 1. The molecule has 1 amide bonds. The van der Waals surface area contributed by atoms with E-state index in [9.17, 15) is 30.4 Å². The molecule has 0 spiro atoms. The van der Waals surface area contributed by atoms with Crippen LogP contribution < -0.4 is 5.32 Å². The van der Waals surface area contributed by atoms with Gasteiger partial charge in [0.15, 0.2) is 19.7 Å². The highest BCUT2D eigenvalue weighted by Gasteiger charge is 2.38. The molecule has 0 radical (unpaired) electrons. The number of hydrogen-bond donors (Lipinski definition) is 1. The molecule has 3 rings (SSSR count). The summed E-state index contributed by atoms with van der Waals surface area (Å²) in [5.74, 6) is -3.11. The first-order valence-corrected chi connectivity index (χ1v) is 11.7. The minimum atomic E-state index is -4.04. The van der Waals surface area contributed by atoms with Crippen LogP contribution in [0.2, 0.25) is 0 Å². The van der Waals surface area contributed by atoms with Crippen molar-refractivity contribution in [2.45, 2.75) is 23.1 Å². The zero-order chi connectivity index (χ0) is 20.5. The largest absolute Gasteiger partial charge is 0.348 e. The van der Waals surface area contributed by atoms with E-state index in [0.29, 0.717) is 0 Å². The lowest BCUT2D eigenvalue weighted by Gasteiger charge is -2.12. The van der Waals surface area contributed by atoms with Gasteiger partial charge in [-0.05, 0) is 30.7 Å². The van der Waals surface area contributed by atoms with Crippen LogP contribution in [0, 0.1) is 11.6 Å². The van der Waals surface area contributed by atoms with Gasteiger partial charge < -0.3 is 5.32 Å². The second kappa shape index (κ2) is 7.59. The molecule has 1 atom stereocenters. The molecule has 6 nitrogen and oxygen atoms in total. The zero-order valence-corrected chi connectivity index (χ0v) is 16.2. The summed E-state index contributed by atoms with van der Waals surface area (Å²) in [5, 5.41) is 1.22. The van der Waals surface area contributed by atoms with Gasteiger partial charge in [-0.1, -0.05) is 18.2 Å². The smallest absolute Gasteiger partial charge is 0.254 e. The molecule has 1 fully saturated rings. The molecular formula is C18H17F2NO5S2. The fourth-order valence-electron chi connectivity index (χ4n) is 2.97. The van der Waals surface area contributed by atoms with Crippen LogP contribution in [0.25, 0.3) is 0 Å². The topological polar surface area (TPSA) is 97.4 Å². The van der Waals surface area contributed by atoms with Crippen molar-refractivity contribution in [2.75, 3.05) is 11.5 Å². The molecule has 2 aromatic rings. The van der Waals surface area contributed by atoms with Crippen molar-refractivity contribution >= 4 is 25.6 Å². The van der Waals surface area contributed by atoms with Gasteiger partial charge in [0.05, 0.1) is 27.2 Å². The Morgan fingerprint density at radius 3 is 2.46 bits per heavy atom. The minimum Gasteiger partial charge on any atom is -0.348 e. The molecule has 1 aliphatic rings. The summed E-state index contributed by atoms with van der Waals surface area (Å²) in [7, 11) is -7.47. The van der Waals surface area contributed by atoms with E-state index < -0.39 is 53.8 Å². The Hall–Kier alpha value is -2.33. The number of nitrogens with one attached hydrogen (secondary N) is 1. The summed E-state index contributed by atoms with van der Waals surface area (Å²) in [6.07, 6.45) is -0.0448. The second-order valence-electron chi connectivity index (χ2n) is 6.49. The zero-order valence-electron chi connectivity index (χ0n) is 14.6. The maximum atomic E-state index is 14.1. The number of benzene rings is 2. The molecule has 0 aromatic heterocycles. The first kappa shape index (κ1) is 20.4. The molecule has 0 unspecified atom stereocenters. The van der Waals surface area contributed by atoms with E-state index >= 15 is 0 Å². The molecule has 10 heteroatoms. The summed E-state index contributed by atoms with van der Waals surface area (Å²) in [5.41, 5.74) is -0.325. The van der Waals surface area contributed by atoms with Crippen LogP contribution in [0.5, 0.6) is 0 Å². The van der Waals surface area contributed by atoms with Gasteiger partial charge in [-0.15, -0.1) is 0 Å². The van der Waals surface area contributed by atoms with Crippen molar-refractivity contribution < 1.29 is 30.4 Å². The first-order chi connectivity index (χ1) is 13.1. The van der Waals surface area contributed by atoms with E-state index in [1.54, 1.807) is 6.07 Å². The second-order valence-corrected chi connectivity index (χ2v) is 10.9. The molecular weight excluding hydrogens is 412 g/mol. The average molecular weight is 429 g/mol. The van der Waals surface area contributed by atoms with Crippen LogP contribution >= 0.6 is 0 Å². The first-order valence-electron chi connectivity index (χ1n) is 8.35. The van der Waals surface area contributed by atoms with E-state index in [4.69, 9.17) is 0 Å². The van der Waals surface area contributed by atoms with Gasteiger partial charge in [-0.2, -0.15) is 0 Å². The predicted molar refractivity (Wildman–Crippen MR) is 98.2 cm³/mol. The summed E-state index contributed by atoms with van der Waals surface area (Å²) in [6.45, 7) is -0.206. The van der Waals surface area contributed by atoms with Gasteiger partial charge in [0, 0.05) is 12.1 Å². The third-order valence-corrected chi connectivity index (χ3v) is 8.71. The van der Waals surface area contributed by atoms with E-state index in [2.05, 4.69) is 5.32 Å². The fraction of sp³-hybridized carbons (Fsp3) is 0.278. The molecule has 1 heterocycles. The lowest BCUT2D eigenvalue weighted by Crippen LogP contribution is -2.26. The molecule has 0 saturated carbocycles. The monoisotopic (exact) mass is 429 g/mol. The maximum absolute atomic E-state index is 14.1. The third kappa shape index (κ3) is 4.22. The Kier molecular flexibility index (Phi) is 5.53. The standard InChI is InChI=1S/C18H17F2NO5S2/c19-16-4-2-1-3-12(16)10-21-18(22)15-9-13(5-6-17(15)20)28(25,26)14-7-8-27(23,24)11-14/h1-6,9,14H,7-8,10-11H2,(H,21,22)/t14-/m0/s1. The van der Waals surface area contributed by atoms with Crippen LogP contribution in [-0.4, -0.2) is 39.5 Å². The molecule has 1 N–H and O–H groups in total. The minimum absolute atomic E-state index is 0.0448. The number of amides is 1. The Morgan fingerprint density at radius 1 is 1.11 bits per heavy atom. The number of rotatable bonds is 5. The van der Waals surface area contributed by atoms with Crippen molar-refractivity contribution in [3.05, 3.63) is 65.2 Å². The summed E-state index contributed by atoms with van der Waals surface area (Å²) >= 11 is 0. The van der Waals surface area contributed by atoms with Gasteiger partial charge in [0.1, 0.15) is 11.6 Å². The van der Waals surface area contributed by atoms with E-state index in [-0.39, 0.29) is 29.2 Å². The predicted octanol–water partition coefficient (Wildman–Crippen LogP) is 1.86. The van der Waals surface area contributed by atoms with Crippen LogP contribution in [0.15, 0.2) is 47.4 Å². The van der Waals surface area contributed by atoms with E-state index in [0.717, 1.165) is 18.2 Å². The van der Waals surface area contributed by atoms with Crippen LogP contribution in [0.4, 0.5) is 8.78 Å². The van der Waals surface area contributed by atoms with Crippen molar-refractivity contribution in [1.29, 1.82) is 0 Å². The normalized spacial score (nSPS) is 18.7. The highest BCUT2D eigenvalue weighted by atomic mass is 32.2. The lowest BCUT2D eigenvalue weighted by molar-refractivity contribution is 0.0946. The summed E-state index contributed by atoms with van der Waals surface area (Å²) in [4.78, 5) is 12.0. The molecule has 1 aliphatic heterocycles. The Balaban J connectivity index is 1.83. The molecule has 150 valence electrons. The number of sulfone groups is 2. The van der Waals surface area contributed by atoms with Gasteiger partial charge in [-0.3, -0.25) is 4.79 Å². The highest BCUT2D eigenvalue weighted by molar-refractivity contribution is 7.96. The van der Waals surface area contributed by atoms with Crippen LogP contribution in [-0.2, 0) is 26.2 Å². The average Bonchev–Trinajstić information content (AvgIpc) is 3.01. The van der Waals surface area contributed by atoms with Gasteiger partial charge >= 0.3 is 0 Å². The highest BCUT2D eigenvalue weighted by Crippen LogP contribution is 2.26. The van der Waals surface area contributed by atoms with E-state index in [1.165, 1.54) is 18.2 Å². The molecule has 0 bridgehead atoms. The summed E-state index contributed by atoms with van der Waals surface area (Å²) < 4.78 is 76.2. The SMILES string of the molecule is O=C(NCc1ccccc1F)c1cc(S(=O)(=O)[C@H]2CCS(=O)(=O)C2)ccc1F. The quantitative estimate of drug-likeness (QED) is 0.732. The van der Waals surface area contributed by atoms with Gasteiger partial charge in [0.2, 0.25) is 0 Å². The lowest BCUT2D eigenvalue weighted by atomic mass is 10.1. The Morgan fingerprint density at radius 2 is 1.82 bits per heavy atom. The van der Waals surface area contributed by atoms with Crippen molar-refractivity contribution in [3.63, 3.8) is 0 Å². The van der Waals surface area contributed by atoms with E-state index in [1.807, 2.05) is 0 Å². The van der Waals surface area contributed by atoms with Crippen molar-refractivity contribution in [1.82, 2.24) is 5.32 Å².